The number of hydrogen-bond donors (Lipinski definition) is 0. The zero-order valence-corrected chi connectivity index (χ0v) is 24.1. The minimum absolute atomic E-state index is 0.0317. The molecule has 0 bridgehead atoms. The summed E-state index contributed by atoms with van der Waals surface area (Å²) in [7, 11) is 4.69. The normalized spacial score (nSPS) is 17.4. The summed E-state index contributed by atoms with van der Waals surface area (Å²) < 4.78 is 16.4. The predicted octanol–water partition coefficient (Wildman–Crippen LogP) is 6.36. The van der Waals surface area contributed by atoms with E-state index in [1.54, 1.807) is 33.5 Å². The Labute approximate surface area is 227 Å². The predicted molar refractivity (Wildman–Crippen MR) is 151 cm³/mol. The van der Waals surface area contributed by atoms with E-state index in [1.807, 2.05) is 11.8 Å². The van der Waals surface area contributed by atoms with Crippen molar-refractivity contribution in [1.82, 2.24) is 9.80 Å². The molecule has 6 nitrogen and oxygen atoms in total. The first-order valence-electron chi connectivity index (χ1n) is 13.4. The molecular formula is C30H43ClN2O4. The number of aryl methyl sites for hydroxylation is 1. The van der Waals surface area contributed by atoms with E-state index < -0.39 is 0 Å². The molecule has 204 valence electrons. The summed E-state index contributed by atoms with van der Waals surface area (Å²) in [5, 5.41) is 0.780. The first-order chi connectivity index (χ1) is 17.8. The second-order valence-corrected chi connectivity index (χ2v) is 10.5. The van der Waals surface area contributed by atoms with Crippen LogP contribution in [0.1, 0.15) is 67.4 Å². The number of ether oxygens (including phenoxy) is 3. The molecule has 0 N–H and O–H groups in total. The Kier molecular flexibility index (Phi) is 10.5. The number of nitrogens with zero attached hydrogens (tertiary/aromatic N) is 2. The summed E-state index contributed by atoms with van der Waals surface area (Å²) in [6.07, 6.45) is 5.41. The second kappa shape index (κ2) is 13.4. The first kappa shape index (κ1) is 29.1. The lowest BCUT2D eigenvalue weighted by Crippen LogP contribution is -2.38. The molecule has 2 aromatic carbocycles. The number of benzene rings is 2. The molecule has 3 rings (SSSR count). The highest BCUT2D eigenvalue weighted by Gasteiger charge is 2.42. The van der Waals surface area contributed by atoms with Gasteiger partial charge < -0.3 is 24.0 Å². The van der Waals surface area contributed by atoms with Gasteiger partial charge in [-0.05, 0) is 81.6 Å². The zero-order chi connectivity index (χ0) is 27.0. The number of unbranched alkanes of at least 4 members (excludes halogenated alkanes) is 1. The van der Waals surface area contributed by atoms with Crippen molar-refractivity contribution in [2.24, 2.45) is 0 Å². The van der Waals surface area contributed by atoms with Crippen LogP contribution in [0.4, 0.5) is 0 Å². The zero-order valence-electron chi connectivity index (χ0n) is 23.4. The Hall–Kier alpha value is -2.44. The van der Waals surface area contributed by atoms with Crippen molar-refractivity contribution in [2.75, 3.05) is 54.1 Å². The van der Waals surface area contributed by atoms with Gasteiger partial charge in [0.05, 0.1) is 21.3 Å². The fourth-order valence-corrected chi connectivity index (χ4v) is 5.53. The van der Waals surface area contributed by atoms with E-state index in [0.29, 0.717) is 35.9 Å². The van der Waals surface area contributed by atoms with Crippen molar-refractivity contribution in [2.45, 2.75) is 58.3 Å². The number of carbonyl (C=O) groups excluding carboxylic acids is 1. The largest absolute Gasteiger partial charge is 0.493 e. The van der Waals surface area contributed by atoms with Crippen molar-refractivity contribution < 1.29 is 19.0 Å². The second-order valence-electron chi connectivity index (χ2n) is 10.1. The van der Waals surface area contributed by atoms with Gasteiger partial charge in [-0.15, -0.1) is 0 Å². The van der Waals surface area contributed by atoms with E-state index in [2.05, 4.69) is 36.9 Å². The molecule has 1 aliphatic rings. The number of hydrogen-bond acceptors (Lipinski definition) is 5. The van der Waals surface area contributed by atoms with Crippen LogP contribution in [-0.2, 0) is 5.41 Å². The van der Waals surface area contributed by atoms with Crippen molar-refractivity contribution >= 4 is 17.5 Å². The van der Waals surface area contributed by atoms with Gasteiger partial charge in [-0.25, -0.2) is 0 Å². The Balaban J connectivity index is 1.91. The molecule has 1 amide bonds. The van der Waals surface area contributed by atoms with E-state index in [-0.39, 0.29) is 11.3 Å². The number of amides is 1. The van der Waals surface area contributed by atoms with Gasteiger partial charge >= 0.3 is 0 Å². The van der Waals surface area contributed by atoms with E-state index in [4.69, 9.17) is 25.8 Å². The SMILES string of the molecule is CCCCN(CCC)CCC1(c2ccc(C)c(Cl)c2)CCN(C(=O)c2cc(OC)c(OC)c(OC)c2)C1. The van der Waals surface area contributed by atoms with Gasteiger partial charge in [0.2, 0.25) is 5.75 Å². The molecule has 1 saturated heterocycles. The lowest BCUT2D eigenvalue weighted by atomic mass is 9.76. The van der Waals surface area contributed by atoms with Crippen LogP contribution < -0.4 is 14.2 Å². The number of methoxy groups -OCH3 is 3. The monoisotopic (exact) mass is 530 g/mol. The fraction of sp³-hybridized carbons (Fsp3) is 0.567. The maximum atomic E-state index is 13.7. The van der Waals surface area contributed by atoms with Gasteiger partial charge in [0.15, 0.2) is 11.5 Å². The maximum absolute atomic E-state index is 13.7. The van der Waals surface area contributed by atoms with E-state index in [0.717, 1.165) is 49.5 Å². The average Bonchev–Trinajstić information content (AvgIpc) is 3.36. The van der Waals surface area contributed by atoms with Crippen LogP contribution in [0.15, 0.2) is 30.3 Å². The van der Waals surface area contributed by atoms with Crippen molar-refractivity contribution in [1.29, 1.82) is 0 Å². The van der Waals surface area contributed by atoms with E-state index >= 15 is 0 Å². The third kappa shape index (κ3) is 6.71. The molecule has 37 heavy (non-hydrogen) atoms. The molecular weight excluding hydrogens is 488 g/mol. The first-order valence-corrected chi connectivity index (χ1v) is 13.8. The van der Waals surface area contributed by atoms with Crippen LogP contribution in [0, 0.1) is 6.92 Å². The summed E-state index contributed by atoms with van der Waals surface area (Å²) in [5.41, 5.74) is 2.67. The van der Waals surface area contributed by atoms with Crippen LogP contribution in [-0.4, -0.2) is 69.8 Å². The lowest BCUT2D eigenvalue weighted by Gasteiger charge is -2.33. The molecule has 2 aromatic rings. The number of rotatable bonds is 13. The molecule has 1 atom stereocenters. The molecule has 1 fully saturated rings. The number of likely N-dealkylation sites (tertiary alicyclic amines) is 1. The molecule has 0 aromatic heterocycles. The highest BCUT2D eigenvalue weighted by molar-refractivity contribution is 6.31. The Morgan fingerprint density at radius 3 is 2.27 bits per heavy atom. The van der Waals surface area contributed by atoms with Crippen LogP contribution >= 0.6 is 11.6 Å². The molecule has 1 unspecified atom stereocenters. The van der Waals surface area contributed by atoms with E-state index in [9.17, 15) is 4.79 Å². The van der Waals surface area contributed by atoms with E-state index in [1.165, 1.54) is 18.4 Å². The van der Waals surface area contributed by atoms with Crippen LogP contribution in [0.3, 0.4) is 0 Å². The fourth-order valence-electron chi connectivity index (χ4n) is 5.35. The van der Waals surface area contributed by atoms with Gasteiger partial charge in [-0.1, -0.05) is 44.0 Å². The Bertz CT molecular complexity index is 1030. The van der Waals surface area contributed by atoms with Gasteiger partial charge in [0.1, 0.15) is 0 Å². The van der Waals surface area contributed by atoms with Gasteiger partial charge in [0, 0.05) is 29.1 Å². The molecule has 0 spiro atoms. The summed E-state index contributed by atoms with van der Waals surface area (Å²) in [6, 6.07) is 9.88. The quantitative estimate of drug-likeness (QED) is 0.301. The van der Waals surface area contributed by atoms with Crippen LogP contribution in [0.25, 0.3) is 0 Å². The standard InChI is InChI=1S/C30H43ClN2O4/c1-7-9-15-32(14-8-2)16-12-30(24-11-10-22(3)25(31)20-24)13-17-33(21-30)29(34)23-18-26(35-4)28(37-6)27(19-23)36-5/h10-11,18-20H,7-9,12-17,21H2,1-6H3. The maximum Gasteiger partial charge on any atom is 0.254 e. The lowest BCUT2D eigenvalue weighted by molar-refractivity contribution is 0.0780. The third-order valence-corrected chi connectivity index (χ3v) is 8.02. The number of carbonyl (C=O) groups is 1. The highest BCUT2D eigenvalue weighted by atomic mass is 35.5. The topological polar surface area (TPSA) is 51.2 Å². The number of halogens is 1. The molecule has 0 aliphatic carbocycles. The average molecular weight is 531 g/mol. The summed E-state index contributed by atoms with van der Waals surface area (Å²) >= 11 is 6.59. The van der Waals surface area contributed by atoms with Crippen LogP contribution in [0.5, 0.6) is 17.2 Å². The smallest absolute Gasteiger partial charge is 0.254 e. The molecule has 0 saturated carbocycles. The van der Waals surface area contributed by atoms with Crippen molar-refractivity contribution in [3.63, 3.8) is 0 Å². The molecule has 1 aliphatic heterocycles. The van der Waals surface area contributed by atoms with Crippen molar-refractivity contribution in [3.8, 4) is 17.2 Å². The Morgan fingerprint density at radius 2 is 1.70 bits per heavy atom. The van der Waals surface area contributed by atoms with Gasteiger partial charge in [0.25, 0.3) is 5.91 Å². The third-order valence-electron chi connectivity index (χ3n) is 7.61. The van der Waals surface area contributed by atoms with Gasteiger partial charge in [-0.3, -0.25) is 4.79 Å². The summed E-state index contributed by atoms with van der Waals surface area (Å²) in [5.74, 6) is 1.41. The highest BCUT2D eigenvalue weighted by Crippen LogP contribution is 2.42. The molecule has 0 radical (unpaired) electrons. The minimum Gasteiger partial charge on any atom is -0.493 e. The van der Waals surface area contributed by atoms with Crippen LogP contribution in [0.2, 0.25) is 5.02 Å². The van der Waals surface area contributed by atoms with Gasteiger partial charge in [-0.2, -0.15) is 0 Å². The summed E-state index contributed by atoms with van der Waals surface area (Å²) in [6.45, 7) is 11.1. The van der Waals surface area contributed by atoms with Crippen molar-refractivity contribution in [3.05, 3.63) is 52.0 Å². The minimum atomic E-state index is -0.147. The molecule has 7 heteroatoms. The summed E-state index contributed by atoms with van der Waals surface area (Å²) in [4.78, 5) is 18.3. The molecule has 1 heterocycles. The Morgan fingerprint density at radius 1 is 1.00 bits per heavy atom.